The molecule has 2 N–H and O–H groups in total. The molecule has 1 fully saturated rings. The van der Waals surface area contributed by atoms with Crippen molar-refractivity contribution in [2.75, 3.05) is 11.9 Å². The Morgan fingerprint density at radius 1 is 1.05 bits per heavy atom. The molecular formula is C32H48FN5O5. The van der Waals surface area contributed by atoms with Gasteiger partial charge in [-0.15, -0.1) is 6.42 Å². The molecule has 10 nitrogen and oxygen atoms in total. The number of rotatable bonds is 20. The number of halogens is 1. The highest BCUT2D eigenvalue weighted by Gasteiger charge is 2.51. The van der Waals surface area contributed by atoms with Gasteiger partial charge in [0.25, 0.3) is 0 Å². The number of terminal acetylenes is 1. The predicted octanol–water partition coefficient (Wildman–Crippen LogP) is 6.38. The number of imidazole rings is 1. The fourth-order valence-electron chi connectivity index (χ4n) is 5.43. The molecule has 3 unspecified atom stereocenters. The Balaban J connectivity index is 1.62. The van der Waals surface area contributed by atoms with Crippen molar-refractivity contribution in [3.8, 4) is 12.3 Å². The molecule has 1 saturated heterocycles. The molecule has 1 amide bonds. The first-order chi connectivity index (χ1) is 20.9. The lowest BCUT2D eigenvalue weighted by atomic mass is 9.98. The molecule has 3 rings (SSSR count). The van der Waals surface area contributed by atoms with Crippen LogP contribution in [0.15, 0.2) is 6.33 Å². The van der Waals surface area contributed by atoms with Crippen molar-refractivity contribution in [3.63, 3.8) is 0 Å². The van der Waals surface area contributed by atoms with Gasteiger partial charge in [0.15, 0.2) is 22.6 Å². The largest absolute Gasteiger partial charge is 0.458 e. The lowest BCUT2D eigenvalue weighted by molar-refractivity contribution is -0.158. The van der Waals surface area contributed by atoms with Crippen molar-refractivity contribution in [1.29, 1.82) is 0 Å². The number of hydrogen-bond acceptors (Lipinski definition) is 8. The standard InChI is InChI=1S/C32H48FN5O5/c1-4-7-9-11-13-15-17-19-25(40)35-29-28-30(37-31(33)36-29)38(23-34-28)26-21-24(32(6-3,22-39)43-26)42-27(41)20-18-16-14-12-10-8-5-2/h3,23-24,26,39H,4-5,7-22H2,1-2H3,(H,35,36,37,40). The first-order valence-electron chi connectivity index (χ1n) is 16.0. The molecule has 0 spiro atoms. The molecule has 0 aliphatic carbocycles. The summed E-state index contributed by atoms with van der Waals surface area (Å²) < 4.78 is 27.7. The molecule has 0 aromatic carbocycles. The van der Waals surface area contributed by atoms with E-state index in [4.69, 9.17) is 15.9 Å². The lowest BCUT2D eigenvalue weighted by Crippen LogP contribution is -2.44. The van der Waals surface area contributed by atoms with E-state index < -0.39 is 36.6 Å². The third kappa shape index (κ3) is 9.97. The lowest BCUT2D eigenvalue weighted by Gasteiger charge is -2.26. The second-order valence-corrected chi connectivity index (χ2v) is 11.4. The van der Waals surface area contributed by atoms with Crippen LogP contribution in [-0.4, -0.2) is 54.8 Å². The molecule has 2 aromatic rings. The number of nitrogens with zero attached hydrogens (tertiary/aromatic N) is 4. The van der Waals surface area contributed by atoms with Crippen molar-refractivity contribution in [3.05, 3.63) is 12.4 Å². The van der Waals surface area contributed by atoms with Gasteiger partial charge in [-0.05, 0) is 12.8 Å². The number of nitrogens with one attached hydrogen (secondary N) is 1. The van der Waals surface area contributed by atoms with Crippen LogP contribution in [0.4, 0.5) is 10.2 Å². The van der Waals surface area contributed by atoms with Gasteiger partial charge in [0.05, 0.1) is 12.9 Å². The number of aliphatic hydroxyl groups is 1. The third-order valence-electron chi connectivity index (χ3n) is 7.99. The number of hydrogen-bond donors (Lipinski definition) is 2. The molecule has 1 aliphatic rings. The summed E-state index contributed by atoms with van der Waals surface area (Å²) in [5.74, 6) is 1.74. The van der Waals surface area contributed by atoms with Crippen LogP contribution in [0.25, 0.3) is 11.2 Å². The SMILES string of the molecule is C#CC1(CO)OC(n2cnc3c(NC(=O)CCCCCCCCC)nc(F)nc32)CC1OC(=O)CCCCCCCCC. The van der Waals surface area contributed by atoms with E-state index in [0.717, 1.165) is 44.9 Å². The molecule has 43 heavy (non-hydrogen) atoms. The minimum atomic E-state index is -1.57. The molecule has 2 aromatic heterocycles. The minimum absolute atomic E-state index is 0.0322. The minimum Gasteiger partial charge on any atom is -0.458 e. The van der Waals surface area contributed by atoms with Crippen LogP contribution in [0, 0.1) is 18.4 Å². The van der Waals surface area contributed by atoms with E-state index in [1.807, 2.05) is 0 Å². The van der Waals surface area contributed by atoms with Gasteiger partial charge < -0.3 is 19.9 Å². The first-order valence-corrected chi connectivity index (χ1v) is 16.0. The van der Waals surface area contributed by atoms with Gasteiger partial charge in [-0.3, -0.25) is 14.2 Å². The van der Waals surface area contributed by atoms with E-state index in [1.165, 1.54) is 49.4 Å². The van der Waals surface area contributed by atoms with Crippen molar-refractivity contribution < 1.29 is 28.6 Å². The molecular weight excluding hydrogens is 553 g/mol. The fraction of sp³-hybridized carbons (Fsp3) is 0.719. The van der Waals surface area contributed by atoms with Crippen LogP contribution in [0.2, 0.25) is 0 Å². The quantitative estimate of drug-likeness (QED) is 0.0774. The number of amides is 1. The topological polar surface area (TPSA) is 128 Å². The zero-order chi connectivity index (χ0) is 31.1. The van der Waals surface area contributed by atoms with E-state index in [0.29, 0.717) is 12.8 Å². The number of anilines is 1. The zero-order valence-electron chi connectivity index (χ0n) is 25.8. The van der Waals surface area contributed by atoms with E-state index in [1.54, 1.807) is 0 Å². The zero-order valence-corrected chi connectivity index (χ0v) is 25.8. The van der Waals surface area contributed by atoms with E-state index in [2.05, 4.69) is 40.0 Å². The van der Waals surface area contributed by atoms with E-state index in [-0.39, 0.29) is 35.7 Å². The smallest absolute Gasteiger partial charge is 0.312 e. The average molecular weight is 602 g/mol. The Kier molecular flexibility index (Phi) is 14.3. The number of aromatic nitrogens is 4. The number of fused-ring (bicyclic) bond motifs is 1. The summed E-state index contributed by atoms with van der Waals surface area (Å²) in [5.41, 5.74) is -1.30. The van der Waals surface area contributed by atoms with Gasteiger partial charge in [-0.1, -0.05) is 96.8 Å². The Labute approximate surface area is 254 Å². The summed E-state index contributed by atoms with van der Waals surface area (Å²) in [6.07, 6.45) is 20.0. The summed E-state index contributed by atoms with van der Waals surface area (Å²) in [6.45, 7) is 3.77. The molecule has 11 heteroatoms. The van der Waals surface area contributed by atoms with Crippen LogP contribution < -0.4 is 5.32 Å². The molecule has 3 atom stereocenters. The van der Waals surface area contributed by atoms with Crippen molar-refractivity contribution >= 4 is 28.9 Å². The Hall–Kier alpha value is -3.10. The average Bonchev–Trinajstić information content (AvgIpc) is 3.57. The first kappa shape index (κ1) is 34.4. The molecule has 3 heterocycles. The maximum Gasteiger partial charge on any atom is 0.312 e. The summed E-state index contributed by atoms with van der Waals surface area (Å²) in [6, 6.07) is 0. The van der Waals surface area contributed by atoms with E-state index in [9.17, 15) is 19.1 Å². The van der Waals surface area contributed by atoms with Gasteiger partial charge in [-0.25, -0.2) is 4.98 Å². The van der Waals surface area contributed by atoms with Crippen molar-refractivity contribution in [2.45, 2.75) is 141 Å². The van der Waals surface area contributed by atoms with Gasteiger partial charge in [0.1, 0.15) is 12.3 Å². The molecule has 0 bridgehead atoms. The number of ether oxygens (including phenoxy) is 2. The highest BCUT2D eigenvalue weighted by Crippen LogP contribution is 2.40. The Morgan fingerprint density at radius 2 is 1.65 bits per heavy atom. The normalized spacial score (nSPS) is 19.9. The molecule has 0 saturated carbocycles. The molecule has 0 radical (unpaired) electrons. The van der Waals surface area contributed by atoms with Crippen molar-refractivity contribution in [2.24, 2.45) is 0 Å². The monoisotopic (exact) mass is 601 g/mol. The van der Waals surface area contributed by atoms with Crippen LogP contribution >= 0.6 is 0 Å². The number of carbonyl (C=O) groups excluding carboxylic acids is 2. The summed E-state index contributed by atoms with van der Waals surface area (Å²) in [4.78, 5) is 37.2. The number of aliphatic hydroxyl groups excluding tert-OH is 1. The second-order valence-electron chi connectivity index (χ2n) is 11.4. The Bertz CT molecular complexity index is 1210. The second kappa shape index (κ2) is 17.9. The summed E-state index contributed by atoms with van der Waals surface area (Å²) in [7, 11) is 0. The van der Waals surface area contributed by atoms with Crippen LogP contribution in [0.3, 0.4) is 0 Å². The highest BCUT2D eigenvalue weighted by molar-refractivity contribution is 5.96. The van der Waals surface area contributed by atoms with E-state index >= 15 is 0 Å². The van der Waals surface area contributed by atoms with Crippen LogP contribution in [0.1, 0.15) is 129 Å². The number of unbranched alkanes of at least 4 members (excludes halogenated alkanes) is 12. The predicted molar refractivity (Wildman–Crippen MR) is 162 cm³/mol. The summed E-state index contributed by atoms with van der Waals surface area (Å²) >= 11 is 0. The van der Waals surface area contributed by atoms with Gasteiger partial charge in [0.2, 0.25) is 5.91 Å². The van der Waals surface area contributed by atoms with Crippen molar-refractivity contribution in [1.82, 2.24) is 19.5 Å². The maximum absolute atomic E-state index is 14.5. The summed E-state index contributed by atoms with van der Waals surface area (Å²) in [5, 5.41) is 12.8. The Morgan fingerprint density at radius 3 is 2.26 bits per heavy atom. The molecule has 1 aliphatic heterocycles. The van der Waals surface area contributed by atoms with Gasteiger partial charge in [0, 0.05) is 19.3 Å². The fourth-order valence-corrected chi connectivity index (χ4v) is 5.43. The maximum atomic E-state index is 14.5. The van der Waals surface area contributed by atoms with Gasteiger partial charge in [-0.2, -0.15) is 14.4 Å². The van der Waals surface area contributed by atoms with Crippen LogP contribution in [0.5, 0.6) is 0 Å². The number of carbonyl (C=O) groups is 2. The highest BCUT2D eigenvalue weighted by atomic mass is 19.1. The van der Waals surface area contributed by atoms with Gasteiger partial charge >= 0.3 is 12.0 Å². The third-order valence-corrected chi connectivity index (χ3v) is 7.99. The molecule has 238 valence electrons. The number of esters is 1. The van der Waals surface area contributed by atoms with Crippen LogP contribution in [-0.2, 0) is 19.1 Å².